The SMILES string of the molecule is CCOc1ccc(NS(=O)(=O)CCCNC)cn1. The molecule has 0 unspecified atom stereocenters. The largest absolute Gasteiger partial charge is 0.478 e. The van der Waals surface area contributed by atoms with E-state index in [1.165, 1.54) is 6.20 Å². The van der Waals surface area contributed by atoms with E-state index in [4.69, 9.17) is 4.74 Å². The van der Waals surface area contributed by atoms with Gasteiger partial charge in [0.25, 0.3) is 0 Å². The lowest BCUT2D eigenvalue weighted by molar-refractivity contribution is 0.327. The molecular weight excluding hydrogens is 254 g/mol. The summed E-state index contributed by atoms with van der Waals surface area (Å²) >= 11 is 0. The van der Waals surface area contributed by atoms with Gasteiger partial charge in [0, 0.05) is 6.07 Å². The monoisotopic (exact) mass is 273 g/mol. The Balaban J connectivity index is 2.55. The number of nitrogens with zero attached hydrogens (tertiary/aromatic N) is 1. The summed E-state index contributed by atoms with van der Waals surface area (Å²) in [4.78, 5) is 3.99. The van der Waals surface area contributed by atoms with E-state index in [0.29, 0.717) is 31.1 Å². The van der Waals surface area contributed by atoms with Crippen LogP contribution in [0.5, 0.6) is 5.88 Å². The van der Waals surface area contributed by atoms with Gasteiger partial charge in [-0.05, 0) is 33.0 Å². The molecule has 0 saturated carbocycles. The van der Waals surface area contributed by atoms with Crippen molar-refractivity contribution >= 4 is 15.7 Å². The lowest BCUT2D eigenvalue weighted by Crippen LogP contribution is -2.20. The Morgan fingerprint density at radius 2 is 2.17 bits per heavy atom. The summed E-state index contributed by atoms with van der Waals surface area (Å²) in [6, 6.07) is 3.27. The molecule has 0 radical (unpaired) electrons. The Morgan fingerprint density at radius 1 is 1.39 bits per heavy atom. The molecule has 1 aromatic heterocycles. The summed E-state index contributed by atoms with van der Waals surface area (Å²) in [6.07, 6.45) is 2.01. The molecule has 0 aliphatic carbocycles. The molecule has 0 amide bonds. The Bertz CT molecular complexity index is 445. The average Bonchev–Trinajstić information content (AvgIpc) is 2.32. The minimum atomic E-state index is -3.30. The Labute approximate surface area is 108 Å². The van der Waals surface area contributed by atoms with Gasteiger partial charge in [-0.2, -0.15) is 0 Å². The predicted octanol–water partition coefficient (Wildman–Crippen LogP) is 0.831. The first kappa shape index (κ1) is 14.7. The van der Waals surface area contributed by atoms with Gasteiger partial charge in [-0.25, -0.2) is 13.4 Å². The highest BCUT2D eigenvalue weighted by molar-refractivity contribution is 7.92. The van der Waals surface area contributed by atoms with Crippen molar-refractivity contribution in [3.63, 3.8) is 0 Å². The zero-order valence-electron chi connectivity index (χ0n) is 10.6. The van der Waals surface area contributed by atoms with E-state index in [-0.39, 0.29) is 5.75 Å². The second-order valence-electron chi connectivity index (χ2n) is 3.70. The number of hydrogen-bond acceptors (Lipinski definition) is 5. The first-order valence-electron chi connectivity index (χ1n) is 5.81. The molecule has 1 aromatic rings. The van der Waals surface area contributed by atoms with Crippen molar-refractivity contribution in [1.82, 2.24) is 10.3 Å². The van der Waals surface area contributed by atoms with Gasteiger partial charge in [-0.15, -0.1) is 0 Å². The number of ether oxygens (including phenoxy) is 1. The summed E-state index contributed by atoms with van der Waals surface area (Å²) in [5.41, 5.74) is 0.447. The van der Waals surface area contributed by atoms with E-state index in [2.05, 4.69) is 15.0 Å². The number of sulfonamides is 1. The van der Waals surface area contributed by atoms with E-state index >= 15 is 0 Å². The predicted molar refractivity (Wildman–Crippen MR) is 71.4 cm³/mol. The zero-order chi connectivity index (χ0) is 13.4. The van der Waals surface area contributed by atoms with Crippen LogP contribution in [-0.4, -0.2) is 39.4 Å². The second kappa shape index (κ2) is 7.17. The number of anilines is 1. The molecule has 1 rings (SSSR count). The normalized spacial score (nSPS) is 11.2. The Morgan fingerprint density at radius 3 is 2.72 bits per heavy atom. The molecule has 0 spiro atoms. The van der Waals surface area contributed by atoms with Gasteiger partial charge >= 0.3 is 0 Å². The molecule has 0 aliphatic rings. The van der Waals surface area contributed by atoms with Crippen LogP contribution in [0, 0.1) is 0 Å². The van der Waals surface area contributed by atoms with Gasteiger partial charge in [-0.3, -0.25) is 4.72 Å². The van der Waals surface area contributed by atoms with Crippen LogP contribution in [0.15, 0.2) is 18.3 Å². The van der Waals surface area contributed by atoms with E-state index < -0.39 is 10.0 Å². The second-order valence-corrected chi connectivity index (χ2v) is 5.54. The van der Waals surface area contributed by atoms with Gasteiger partial charge in [0.05, 0.1) is 24.2 Å². The summed E-state index contributed by atoms with van der Waals surface area (Å²) in [7, 11) is -1.51. The van der Waals surface area contributed by atoms with Crippen LogP contribution in [0.4, 0.5) is 5.69 Å². The summed E-state index contributed by atoms with van der Waals surface area (Å²) in [6.45, 7) is 3.06. The van der Waals surface area contributed by atoms with E-state index in [1.807, 2.05) is 6.92 Å². The van der Waals surface area contributed by atoms with Crippen LogP contribution < -0.4 is 14.8 Å². The maximum absolute atomic E-state index is 11.7. The van der Waals surface area contributed by atoms with Crippen molar-refractivity contribution in [2.24, 2.45) is 0 Å². The summed E-state index contributed by atoms with van der Waals surface area (Å²) in [5, 5.41) is 2.90. The van der Waals surface area contributed by atoms with Crippen LogP contribution in [-0.2, 0) is 10.0 Å². The van der Waals surface area contributed by atoms with Crippen molar-refractivity contribution < 1.29 is 13.2 Å². The number of rotatable bonds is 8. The molecule has 0 atom stereocenters. The van der Waals surface area contributed by atoms with Crippen molar-refractivity contribution in [3.8, 4) is 5.88 Å². The zero-order valence-corrected chi connectivity index (χ0v) is 11.5. The Hall–Kier alpha value is -1.34. The first-order valence-corrected chi connectivity index (χ1v) is 7.46. The van der Waals surface area contributed by atoms with Crippen LogP contribution in [0.2, 0.25) is 0 Å². The third-order valence-corrected chi connectivity index (χ3v) is 3.51. The average molecular weight is 273 g/mol. The van der Waals surface area contributed by atoms with Crippen LogP contribution in [0.3, 0.4) is 0 Å². The van der Waals surface area contributed by atoms with Gasteiger partial charge in [0.1, 0.15) is 0 Å². The molecule has 1 heterocycles. The highest BCUT2D eigenvalue weighted by Gasteiger charge is 2.09. The standard InChI is InChI=1S/C11H19N3O3S/c1-3-17-11-6-5-10(9-13-11)14-18(15,16)8-4-7-12-2/h5-6,9,12,14H,3-4,7-8H2,1-2H3. The van der Waals surface area contributed by atoms with E-state index in [9.17, 15) is 8.42 Å². The number of hydrogen-bond donors (Lipinski definition) is 2. The van der Waals surface area contributed by atoms with Gasteiger partial charge in [-0.1, -0.05) is 0 Å². The van der Waals surface area contributed by atoms with Crippen molar-refractivity contribution in [2.75, 3.05) is 30.7 Å². The summed E-state index contributed by atoms with van der Waals surface area (Å²) in [5.74, 6) is 0.566. The fraction of sp³-hybridized carbons (Fsp3) is 0.545. The maximum atomic E-state index is 11.7. The molecule has 0 aromatic carbocycles. The molecule has 0 bridgehead atoms. The maximum Gasteiger partial charge on any atom is 0.232 e. The molecule has 7 heteroatoms. The minimum absolute atomic E-state index is 0.0844. The van der Waals surface area contributed by atoms with Gasteiger partial charge in [0.2, 0.25) is 15.9 Å². The van der Waals surface area contributed by atoms with Gasteiger partial charge in [0.15, 0.2) is 0 Å². The van der Waals surface area contributed by atoms with Crippen molar-refractivity contribution in [2.45, 2.75) is 13.3 Å². The lowest BCUT2D eigenvalue weighted by Gasteiger charge is -2.08. The third kappa shape index (κ3) is 5.33. The highest BCUT2D eigenvalue weighted by atomic mass is 32.2. The molecule has 102 valence electrons. The minimum Gasteiger partial charge on any atom is -0.478 e. The van der Waals surface area contributed by atoms with Crippen LogP contribution in [0.25, 0.3) is 0 Å². The molecule has 18 heavy (non-hydrogen) atoms. The topological polar surface area (TPSA) is 80.3 Å². The molecule has 6 nitrogen and oxygen atoms in total. The first-order chi connectivity index (χ1) is 8.57. The van der Waals surface area contributed by atoms with Crippen molar-refractivity contribution in [1.29, 1.82) is 0 Å². The third-order valence-electron chi connectivity index (χ3n) is 2.14. The molecular formula is C11H19N3O3S. The van der Waals surface area contributed by atoms with Crippen LogP contribution >= 0.6 is 0 Å². The Kier molecular flexibility index (Phi) is 5.87. The van der Waals surface area contributed by atoms with E-state index in [1.54, 1.807) is 19.2 Å². The number of pyridine rings is 1. The number of aromatic nitrogens is 1. The molecule has 2 N–H and O–H groups in total. The van der Waals surface area contributed by atoms with Crippen LogP contribution in [0.1, 0.15) is 13.3 Å². The smallest absolute Gasteiger partial charge is 0.232 e. The van der Waals surface area contributed by atoms with Gasteiger partial charge < -0.3 is 10.1 Å². The highest BCUT2D eigenvalue weighted by Crippen LogP contribution is 2.13. The molecule has 0 fully saturated rings. The molecule has 0 saturated heterocycles. The van der Waals surface area contributed by atoms with E-state index in [0.717, 1.165) is 0 Å². The lowest BCUT2D eigenvalue weighted by atomic mass is 10.4. The summed E-state index contributed by atoms with van der Waals surface area (Å²) < 4.78 is 31.0. The quantitative estimate of drug-likeness (QED) is 0.686. The fourth-order valence-corrected chi connectivity index (χ4v) is 2.45. The molecule has 0 aliphatic heterocycles. The number of nitrogens with one attached hydrogen (secondary N) is 2. The fourth-order valence-electron chi connectivity index (χ4n) is 1.34. The van der Waals surface area contributed by atoms with Crippen molar-refractivity contribution in [3.05, 3.63) is 18.3 Å².